The molecule has 1 aliphatic rings. The third-order valence-electron chi connectivity index (χ3n) is 6.22. The standard InChI is InChI=1S/C28H25F3N6O2/c1-18-2-5-21(33-27(38)20-3-6-22(7-4-20)37-12-14-39-15-13-37)16-23(18)34-25-17-24(28(29,30)31)35-26(36-25)19-8-10-32-11-9-19/h2-11,16-17H,12-15H2,1H3,(H,33,38)(H,34,35,36). The lowest BCUT2D eigenvalue weighted by atomic mass is 10.1. The number of aryl methyl sites for hydroxylation is 1. The van der Waals surface area contributed by atoms with Gasteiger partial charge >= 0.3 is 6.18 Å². The molecule has 2 aromatic heterocycles. The van der Waals surface area contributed by atoms with Crippen molar-refractivity contribution in [1.29, 1.82) is 0 Å². The van der Waals surface area contributed by atoms with Crippen LogP contribution in [0.25, 0.3) is 11.4 Å². The molecular weight excluding hydrogens is 509 g/mol. The van der Waals surface area contributed by atoms with Crippen LogP contribution >= 0.6 is 0 Å². The van der Waals surface area contributed by atoms with E-state index in [-0.39, 0.29) is 17.5 Å². The predicted molar refractivity (Wildman–Crippen MR) is 142 cm³/mol. The number of benzene rings is 2. The number of ether oxygens (including phenoxy) is 1. The molecule has 39 heavy (non-hydrogen) atoms. The largest absolute Gasteiger partial charge is 0.433 e. The zero-order valence-corrected chi connectivity index (χ0v) is 21.0. The SMILES string of the molecule is Cc1ccc(NC(=O)c2ccc(N3CCOCC3)cc2)cc1Nc1cc(C(F)(F)F)nc(-c2ccncc2)n1. The third kappa shape index (κ3) is 6.32. The monoisotopic (exact) mass is 534 g/mol. The van der Waals surface area contributed by atoms with Crippen LogP contribution in [-0.4, -0.2) is 47.2 Å². The van der Waals surface area contributed by atoms with Crippen molar-refractivity contribution >= 4 is 28.8 Å². The smallest absolute Gasteiger partial charge is 0.378 e. The first-order valence-electron chi connectivity index (χ1n) is 12.2. The van der Waals surface area contributed by atoms with Crippen molar-refractivity contribution in [3.63, 3.8) is 0 Å². The number of rotatable bonds is 6. The van der Waals surface area contributed by atoms with Crippen LogP contribution in [-0.2, 0) is 10.9 Å². The second-order valence-electron chi connectivity index (χ2n) is 8.95. The number of amides is 1. The van der Waals surface area contributed by atoms with Crippen molar-refractivity contribution in [1.82, 2.24) is 15.0 Å². The Hall–Kier alpha value is -4.51. The average molecular weight is 535 g/mol. The predicted octanol–water partition coefficient (Wildman–Crippen LogP) is 5.70. The van der Waals surface area contributed by atoms with Gasteiger partial charge < -0.3 is 20.3 Å². The summed E-state index contributed by atoms with van der Waals surface area (Å²) < 4.78 is 46.2. The molecule has 2 aromatic carbocycles. The van der Waals surface area contributed by atoms with E-state index in [0.29, 0.717) is 35.7 Å². The maximum Gasteiger partial charge on any atom is 0.433 e. The van der Waals surface area contributed by atoms with E-state index >= 15 is 0 Å². The number of carbonyl (C=O) groups excluding carboxylic acids is 1. The Kier molecular flexibility index (Phi) is 7.42. The molecule has 5 rings (SSSR count). The number of anilines is 4. The number of alkyl halides is 3. The van der Waals surface area contributed by atoms with Gasteiger partial charge in [-0.3, -0.25) is 9.78 Å². The maximum atomic E-state index is 13.6. The van der Waals surface area contributed by atoms with Crippen molar-refractivity contribution < 1.29 is 22.7 Å². The lowest BCUT2D eigenvalue weighted by Crippen LogP contribution is -2.36. The summed E-state index contributed by atoms with van der Waals surface area (Å²) in [5.41, 5.74) is 2.54. The normalized spacial score (nSPS) is 13.7. The Balaban J connectivity index is 1.35. The molecule has 1 amide bonds. The van der Waals surface area contributed by atoms with E-state index in [2.05, 4.69) is 30.5 Å². The summed E-state index contributed by atoms with van der Waals surface area (Å²) in [4.78, 5) is 27.0. The number of nitrogens with one attached hydrogen (secondary N) is 2. The number of aromatic nitrogens is 3. The van der Waals surface area contributed by atoms with Crippen LogP contribution in [0.1, 0.15) is 21.6 Å². The molecule has 1 fully saturated rings. The van der Waals surface area contributed by atoms with Gasteiger partial charge in [-0.2, -0.15) is 13.2 Å². The van der Waals surface area contributed by atoms with E-state index in [9.17, 15) is 18.0 Å². The minimum Gasteiger partial charge on any atom is -0.378 e. The minimum absolute atomic E-state index is 0.0329. The van der Waals surface area contributed by atoms with E-state index in [1.807, 2.05) is 12.1 Å². The number of morpholine rings is 1. The third-order valence-corrected chi connectivity index (χ3v) is 6.22. The molecule has 0 unspecified atom stereocenters. The highest BCUT2D eigenvalue weighted by Crippen LogP contribution is 2.32. The zero-order chi connectivity index (χ0) is 27.4. The summed E-state index contributed by atoms with van der Waals surface area (Å²) in [6, 6.07) is 16.4. The fourth-order valence-corrected chi connectivity index (χ4v) is 4.11. The zero-order valence-electron chi connectivity index (χ0n) is 21.0. The van der Waals surface area contributed by atoms with Gasteiger partial charge in [0.2, 0.25) is 0 Å². The molecule has 0 atom stereocenters. The van der Waals surface area contributed by atoms with Crippen molar-refractivity contribution in [2.45, 2.75) is 13.1 Å². The maximum absolute atomic E-state index is 13.6. The van der Waals surface area contributed by atoms with Gasteiger partial charge in [0.25, 0.3) is 5.91 Å². The number of hydrogen-bond acceptors (Lipinski definition) is 7. The molecule has 0 bridgehead atoms. The van der Waals surface area contributed by atoms with Crippen molar-refractivity contribution in [3.05, 3.63) is 89.9 Å². The van der Waals surface area contributed by atoms with Gasteiger partial charge in [-0.25, -0.2) is 9.97 Å². The molecule has 200 valence electrons. The molecule has 4 aromatic rings. The summed E-state index contributed by atoms with van der Waals surface area (Å²) in [5, 5.41) is 5.81. The van der Waals surface area contributed by atoms with Crippen molar-refractivity contribution in [2.24, 2.45) is 0 Å². The van der Waals surface area contributed by atoms with Gasteiger partial charge in [-0.15, -0.1) is 0 Å². The van der Waals surface area contributed by atoms with Crippen molar-refractivity contribution in [2.75, 3.05) is 41.8 Å². The van der Waals surface area contributed by atoms with E-state index in [0.717, 1.165) is 30.4 Å². The molecule has 0 spiro atoms. The molecular formula is C28H25F3N6O2. The first-order chi connectivity index (χ1) is 18.8. The molecule has 11 heteroatoms. The molecule has 1 aliphatic heterocycles. The van der Waals surface area contributed by atoms with Crippen molar-refractivity contribution in [3.8, 4) is 11.4 Å². The van der Waals surface area contributed by atoms with Crippen LogP contribution in [0.3, 0.4) is 0 Å². The summed E-state index contributed by atoms with van der Waals surface area (Å²) in [6.07, 6.45) is -1.75. The molecule has 0 saturated carbocycles. The Morgan fingerprint density at radius 1 is 0.949 bits per heavy atom. The van der Waals surface area contributed by atoms with E-state index in [1.165, 1.54) is 24.5 Å². The molecule has 8 nitrogen and oxygen atoms in total. The lowest BCUT2D eigenvalue weighted by molar-refractivity contribution is -0.141. The number of carbonyl (C=O) groups is 1. The van der Waals surface area contributed by atoms with Crippen LogP contribution in [0.2, 0.25) is 0 Å². The van der Waals surface area contributed by atoms with Crippen LogP contribution < -0.4 is 15.5 Å². The second-order valence-corrected chi connectivity index (χ2v) is 8.95. The molecule has 3 heterocycles. The number of pyridine rings is 1. The van der Waals surface area contributed by atoms with Gasteiger partial charge in [0, 0.05) is 59.7 Å². The van der Waals surface area contributed by atoms with Crippen LogP contribution in [0, 0.1) is 6.92 Å². The topological polar surface area (TPSA) is 92.3 Å². The highest BCUT2D eigenvalue weighted by Gasteiger charge is 2.34. The average Bonchev–Trinajstić information content (AvgIpc) is 2.95. The highest BCUT2D eigenvalue weighted by atomic mass is 19.4. The summed E-state index contributed by atoms with van der Waals surface area (Å²) >= 11 is 0. The second kappa shape index (κ2) is 11.1. The Morgan fingerprint density at radius 3 is 2.36 bits per heavy atom. The molecule has 0 aliphatic carbocycles. The molecule has 1 saturated heterocycles. The Labute approximate surface area is 222 Å². The van der Waals surface area contributed by atoms with Gasteiger partial charge in [0.15, 0.2) is 11.5 Å². The fraction of sp³-hybridized carbons (Fsp3) is 0.214. The number of nitrogens with zero attached hydrogens (tertiary/aromatic N) is 4. The number of hydrogen-bond donors (Lipinski definition) is 2. The minimum atomic E-state index is -4.66. The highest BCUT2D eigenvalue weighted by molar-refractivity contribution is 6.04. The van der Waals surface area contributed by atoms with Gasteiger partial charge in [0.1, 0.15) is 5.82 Å². The van der Waals surface area contributed by atoms with Gasteiger partial charge in [-0.1, -0.05) is 6.07 Å². The van der Waals surface area contributed by atoms with E-state index in [4.69, 9.17) is 4.74 Å². The van der Waals surface area contributed by atoms with Gasteiger partial charge in [0.05, 0.1) is 13.2 Å². The number of halogens is 3. The first kappa shape index (κ1) is 26.1. The van der Waals surface area contributed by atoms with Crippen LogP contribution in [0.15, 0.2) is 73.1 Å². The van der Waals surface area contributed by atoms with E-state index < -0.39 is 11.9 Å². The molecule has 2 N–H and O–H groups in total. The molecule has 0 radical (unpaired) electrons. The van der Waals surface area contributed by atoms with Gasteiger partial charge in [-0.05, 0) is 61.0 Å². The first-order valence-corrected chi connectivity index (χ1v) is 12.2. The summed E-state index contributed by atoms with van der Waals surface area (Å²) in [5.74, 6) is -0.425. The quantitative estimate of drug-likeness (QED) is 0.328. The van der Waals surface area contributed by atoms with E-state index in [1.54, 1.807) is 37.3 Å². The Bertz CT molecular complexity index is 1460. The van der Waals surface area contributed by atoms with Crippen LogP contribution in [0.5, 0.6) is 0 Å². The Morgan fingerprint density at radius 2 is 1.67 bits per heavy atom. The lowest BCUT2D eigenvalue weighted by Gasteiger charge is -2.28. The summed E-state index contributed by atoms with van der Waals surface area (Å²) in [6.45, 7) is 4.73. The summed E-state index contributed by atoms with van der Waals surface area (Å²) in [7, 11) is 0. The fourth-order valence-electron chi connectivity index (χ4n) is 4.11. The van der Waals surface area contributed by atoms with Crippen LogP contribution in [0.4, 0.5) is 36.1 Å².